The first-order valence-electron chi connectivity index (χ1n) is 16.1. The molecule has 1 N–H and O–H groups in total. The van der Waals surface area contributed by atoms with Crippen LogP contribution in [0.2, 0.25) is 0 Å². The maximum Gasteiger partial charge on any atom is 0.308 e. The molecule has 0 amide bonds. The van der Waals surface area contributed by atoms with Crippen LogP contribution < -0.4 is 10.0 Å². The quantitative estimate of drug-likeness (QED) is 0.0786. The molecule has 0 saturated carbocycles. The Kier molecular flexibility index (Phi) is 12.9. The van der Waals surface area contributed by atoms with Gasteiger partial charge in [0.2, 0.25) is 5.52 Å². The molecule has 4 rings (SSSR count). The van der Waals surface area contributed by atoms with E-state index >= 15 is 0 Å². The van der Waals surface area contributed by atoms with Crippen LogP contribution in [0.3, 0.4) is 0 Å². The summed E-state index contributed by atoms with van der Waals surface area (Å²) in [4.78, 5) is 14.6. The maximum atomic E-state index is 5.31. The number of nitrogens with one attached hydrogen (secondary N) is 1. The number of rotatable bonds is 16. The van der Waals surface area contributed by atoms with Crippen molar-refractivity contribution in [1.82, 2.24) is 14.5 Å². The average Bonchev–Trinajstić information content (AvgIpc) is 3.40. The first-order chi connectivity index (χ1) is 21.9. The summed E-state index contributed by atoms with van der Waals surface area (Å²) in [5.74, 6) is 0.645. The second-order valence-corrected chi connectivity index (χ2v) is 12.1. The standard InChI is InChI=1S/C39H50N5O/c1-30(2)16-13-17-31(3)18-14-19-32(4)20-15-21-33(5)26-27-43-29-44(39-37(43)38(42-45-6)40-28-41-39)36(34-22-9-7-10-23-34)35-24-11-8-12-25-35/h7-12,16,18,20,22-26,28-29,36H,13-15,17,19,21,27H2,1-6H3,(H,40,41,42)/q+1/b31-18+,32-20+,33-26+. The molecule has 0 aliphatic carbocycles. The summed E-state index contributed by atoms with van der Waals surface area (Å²) < 4.78 is 4.46. The van der Waals surface area contributed by atoms with Crippen LogP contribution in [-0.4, -0.2) is 21.6 Å². The van der Waals surface area contributed by atoms with Gasteiger partial charge in [0, 0.05) is 0 Å². The Bertz CT molecular complexity index is 1590. The lowest BCUT2D eigenvalue weighted by molar-refractivity contribution is -0.682. The van der Waals surface area contributed by atoms with Gasteiger partial charge in [-0.1, -0.05) is 112 Å². The predicted octanol–water partition coefficient (Wildman–Crippen LogP) is 9.48. The third-order valence-electron chi connectivity index (χ3n) is 8.10. The highest BCUT2D eigenvalue weighted by Gasteiger charge is 2.28. The van der Waals surface area contributed by atoms with Gasteiger partial charge >= 0.3 is 5.65 Å². The molecule has 0 bridgehead atoms. The van der Waals surface area contributed by atoms with E-state index in [9.17, 15) is 0 Å². The Morgan fingerprint density at radius 1 is 0.756 bits per heavy atom. The molecule has 0 unspecified atom stereocenters. The van der Waals surface area contributed by atoms with Crippen molar-refractivity contribution in [2.24, 2.45) is 0 Å². The molecular formula is C39H50N5O+. The number of benzene rings is 2. The van der Waals surface area contributed by atoms with Gasteiger partial charge in [-0.3, -0.25) is 9.40 Å². The minimum absolute atomic E-state index is 0.0457. The minimum atomic E-state index is -0.0457. The highest BCUT2D eigenvalue weighted by atomic mass is 16.6. The number of nitrogens with zero attached hydrogens (tertiary/aromatic N) is 4. The molecule has 6 nitrogen and oxygen atoms in total. The van der Waals surface area contributed by atoms with Crippen molar-refractivity contribution in [3.8, 4) is 0 Å². The van der Waals surface area contributed by atoms with Crippen molar-refractivity contribution < 1.29 is 9.40 Å². The molecule has 0 spiro atoms. The lowest BCUT2D eigenvalue weighted by atomic mass is 9.98. The van der Waals surface area contributed by atoms with E-state index in [-0.39, 0.29) is 6.04 Å². The van der Waals surface area contributed by atoms with Crippen molar-refractivity contribution in [3.63, 3.8) is 0 Å². The van der Waals surface area contributed by atoms with Crippen LogP contribution in [0.15, 0.2) is 120 Å². The molecule has 236 valence electrons. The monoisotopic (exact) mass is 604 g/mol. The number of imidazole rings is 1. The van der Waals surface area contributed by atoms with E-state index in [1.807, 2.05) is 0 Å². The van der Waals surface area contributed by atoms with Gasteiger partial charge in [0.25, 0.3) is 0 Å². The van der Waals surface area contributed by atoms with Crippen molar-refractivity contribution in [2.45, 2.75) is 85.7 Å². The maximum absolute atomic E-state index is 5.31. The van der Waals surface area contributed by atoms with Crippen LogP contribution in [0, 0.1) is 0 Å². The summed E-state index contributed by atoms with van der Waals surface area (Å²) in [6, 6.07) is 21.1. The number of fused-ring (bicyclic) bond motifs is 1. The molecule has 0 aliphatic rings. The fourth-order valence-corrected chi connectivity index (χ4v) is 5.61. The Labute approximate surface area is 269 Å². The first-order valence-corrected chi connectivity index (χ1v) is 16.1. The molecule has 4 aromatic rings. The topological polar surface area (TPSA) is 55.9 Å². The second-order valence-electron chi connectivity index (χ2n) is 12.1. The summed E-state index contributed by atoms with van der Waals surface area (Å²) >= 11 is 0. The molecule has 2 aromatic heterocycles. The fraction of sp³-hybridized carbons (Fsp3) is 0.359. The Hall–Kier alpha value is -4.29. The summed E-state index contributed by atoms with van der Waals surface area (Å²) in [7, 11) is 1.61. The molecule has 2 aromatic carbocycles. The lowest BCUT2D eigenvalue weighted by Crippen LogP contribution is -2.40. The summed E-state index contributed by atoms with van der Waals surface area (Å²) in [6.07, 6.45) is 19.8. The van der Waals surface area contributed by atoms with Gasteiger partial charge < -0.3 is 0 Å². The number of aromatic nitrogens is 4. The van der Waals surface area contributed by atoms with E-state index < -0.39 is 0 Å². The van der Waals surface area contributed by atoms with E-state index in [4.69, 9.17) is 9.82 Å². The summed E-state index contributed by atoms with van der Waals surface area (Å²) in [5.41, 5.74) is 12.8. The van der Waals surface area contributed by atoms with Gasteiger partial charge in [-0.25, -0.2) is 10.0 Å². The van der Waals surface area contributed by atoms with Gasteiger partial charge in [-0.2, -0.15) is 4.98 Å². The Morgan fingerprint density at radius 3 is 1.82 bits per heavy atom. The largest absolute Gasteiger partial charge is 0.308 e. The molecule has 0 atom stereocenters. The number of anilines is 1. The molecule has 2 heterocycles. The average molecular weight is 605 g/mol. The van der Waals surface area contributed by atoms with Crippen molar-refractivity contribution in [3.05, 3.63) is 131 Å². The Balaban J connectivity index is 1.50. The van der Waals surface area contributed by atoms with E-state index in [0.717, 1.165) is 49.7 Å². The van der Waals surface area contributed by atoms with Crippen LogP contribution in [0.4, 0.5) is 5.82 Å². The lowest BCUT2D eigenvalue weighted by Gasteiger charge is -2.16. The van der Waals surface area contributed by atoms with Crippen LogP contribution in [-0.2, 0) is 11.4 Å². The van der Waals surface area contributed by atoms with Gasteiger partial charge in [-0.15, -0.1) is 0 Å². The van der Waals surface area contributed by atoms with Crippen molar-refractivity contribution >= 4 is 17.0 Å². The first kappa shape index (κ1) is 33.6. The third kappa shape index (κ3) is 9.85. The zero-order valence-corrected chi connectivity index (χ0v) is 28.0. The predicted molar refractivity (Wildman–Crippen MR) is 187 cm³/mol. The number of hydrogen-bond donors (Lipinski definition) is 1. The Morgan fingerprint density at radius 2 is 1.29 bits per heavy atom. The van der Waals surface area contributed by atoms with E-state index in [1.165, 1.54) is 33.4 Å². The highest BCUT2D eigenvalue weighted by molar-refractivity contribution is 5.80. The van der Waals surface area contributed by atoms with Gasteiger partial charge in [0.05, 0.1) is 13.7 Å². The summed E-state index contributed by atoms with van der Waals surface area (Å²) in [6.45, 7) is 11.8. The van der Waals surface area contributed by atoms with Crippen molar-refractivity contribution in [2.75, 3.05) is 12.6 Å². The number of allylic oxidation sites excluding steroid dienone is 8. The van der Waals surface area contributed by atoms with Gasteiger partial charge in [0.1, 0.15) is 6.04 Å². The van der Waals surface area contributed by atoms with Crippen LogP contribution >= 0.6 is 0 Å². The third-order valence-corrected chi connectivity index (χ3v) is 8.10. The van der Waals surface area contributed by atoms with Crippen LogP contribution in [0.1, 0.15) is 90.3 Å². The fourth-order valence-electron chi connectivity index (χ4n) is 5.61. The minimum Gasteiger partial charge on any atom is -0.278 e. The van der Waals surface area contributed by atoms with Crippen LogP contribution in [0.5, 0.6) is 0 Å². The molecule has 0 radical (unpaired) electrons. The zero-order valence-electron chi connectivity index (χ0n) is 28.0. The summed E-state index contributed by atoms with van der Waals surface area (Å²) in [5, 5.41) is 0. The molecule has 0 aliphatic heterocycles. The van der Waals surface area contributed by atoms with Gasteiger partial charge in [-0.05, 0) is 84.3 Å². The van der Waals surface area contributed by atoms with Crippen molar-refractivity contribution in [1.29, 1.82) is 0 Å². The van der Waals surface area contributed by atoms with E-state index in [1.54, 1.807) is 13.4 Å². The highest BCUT2D eigenvalue weighted by Crippen LogP contribution is 2.26. The molecule has 0 saturated heterocycles. The zero-order chi connectivity index (χ0) is 32.0. The van der Waals surface area contributed by atoms with E-state index in [2.05, 4.69) is 146 Å². The molecule has 45 heavy (non-hydrogen) atoms. The van der Waals surface area contributed by atoms with Crippen LogP contribution in [0.25, 0.3) is 11.2 Å². The molecule has 6 heteroatoms. The number of hydrogen-bond acceptors (Lipinski definition) is 4. The SMILES string of the molecule is CONc1ncnc2c1n(C/C=C(\C)CC/C=C(\C)CC/C=C(\C)CCC=C(C)C)c[n+]2C(c1ccccc1)c1ccccc1. The molecule has 0 fully saturated rings. The smallest absolute Gasteiger partial charge is 0.278 e. The van der Waals surface area contributed by atoms with E-state index in [0.29, 0.717) is 12.4 Å². The van der Waals surface area contributed by atoms with Gasteiger partial charge in [0.15, 0.2) is 18.5 Å². The normalized spacial score (nSPS) is 12.6. The second kappa shape index (κ2) is 17.3. The molecular weight excluding hydrogens is 554 g/mol.